The van der Waals surface area contributed by atoms with Gasteiger partial charge in [0.25, 0.3) is 5.91 Å². The van der Waals surface area contributed by atoms with Gasteiger partial charge in [0, 0.05) is 36.8 Å². The Hall–Kier alpha value is -5.11. The summed E-state index contributed by atoms with van der Waals surface area (Å²) in [5.74, 6) is 0.804. The number of hydrogen-bond donors (Lipinski definition) is 1. The molecule has 6 rings (SSSR count). The monoisotopic (exact) mass is 486 g/mol. The Kier molecular flexibility index (Phi) is 5.96. The van der Waals surface area contributed by atoms with Crippen molar-refractivity contribution in [2.75, 3.05) is 0 Å². The number of amides is 1. The number of aromatic nitrogens is 5. The van der Waals surface area contributed by atoms with Crippen molar-refractivity contribution in [1.82, 2.24) is 30.0 Å². The summed E-state index contributed by atoms with van der Waals surface area (Å²) in [5.41, 5.74) is 4.25. The van der Waals surface area contributed by atoms with Gasteiger partial charge in [0.05, 0.1) is 16.7 Å². The first-order chi connectivity index (χ1) is 18.3. The number of fused-ring (bicyclic) bond motifs is 1. The highest BCUT2D eigenvalue weighted by Gasteiger charge is 2.33. The lowest BCUT2D eigenvalue weighted by molar-refractivity contribution is 0.0670. The van der Waals surface area contributed by atoms with Crippen LogP contribution in [0.4, 0.5) is 0 Å². The third-order valence-corrected chi connectivity index (χ3v) is 6.07. The maximum atomic E-state index is 14.1. The summed E-state index contributed by atoms with van der Waals surface area (Å²) >= 11 is 0. The summed E-state index contributed by atoms with van der Waals surface area (Å²) in [5, 5.41) is 4.13. The zero-order chi connectivity index (χ0) is 25.0. The average Bonchev–Trinajstić information content (AvgIpc) is 3.62. The molecule has 0 radical (unpaired) electrons. The van der Waals surface area contributed by atoms with Gasteiger partial charge in [0.1, 0.15) is 11.9 Å². The van der Waals surface area contributed by atoms with Gasteiger partial charge in [-0.25, -0.2) is 4.98 Å². The Morgan fingerprint density at radius 3 is 2.54 bits per heavy atom. The molecule has 1 atom stereocenters. The van der Waals surface area contributed by atoms with Crippen LogP contribution in [0.5, 0.6) is 0 Å². The Morgan fingerprint density at radius 1 is 0.919 bits per heavy atom. The van der Waals surface area contributed by atoms with Gasteiger partial charge < -0.3 is 14.4 Å². The van der Waals surface area contributed by atoms with E-state index in [9.17, 15) is 4.79 Å². The second-order valence-electron chi connectivity index (χ2n) is 8.53. The number of para-hydroxylation sites is 2. The minimum atomic E-state index is -0.613. The first kappa shape index (κ1) is 22.4. The van der Waals surface area contributed by atoms with Gasteiger partial charge in [0.2, 0.25) is 0 Å². The lowest BCUT2D eigenvalue weighted by Crippen LogP contribution is -2.36. The number of pyridine rings is 2. The molecule has 1 amide bonds. The molecule has 0 aliphatic rings. The number of nitrogens with one attached hydrogen (secondary N) is 1. The number of imidazole rings is 1. The summed E-state index contributed by atoms with van der Waals surface area (Å²) in [6, 6.07) is 27.8. The smallest absolute Gasteiger partial charge is 0.277 e. The SMILES string of the molecule is O=C(c1cc(-c2ccccc2)on1)N(Cc1cccnc1)C(c1ccccn1)c1nc2ccccc2[nH]1. The number of rotatable bonds is 7. The van der Waals surface area contributed by atoms with Gasteiger partial charge in [-0.2, -0.15) is 0 Å². The van der Waals surface area contributed by atoms with Crippen molar-refractivity contribution in [3.63, 3.8) is 0 Å². The molecule has 0 saturated heterocycles. The lowest BCUT2D eigenvalue weighted by Gasteiger charge is -2.29. The van der Waals surface area contributed by atoms with E-state index >= 15 is 0 Å². The van der Waals surface area contributed by atoms with E-state index < -0.39 is 6.04 Å². The first-order valence-corrected chi connectivity index (χ1v) is 11.8. The van der Waals surface area contributed by atoms with E-state index in [0.29, 0.717) is 17.3 Å². The molecule has 180 valence electrons. The Bertz CT molecular complexity index is 1600. The summed E-state index contributed by atoms with van der Waals surface area (Å²) in [6.45, 7) is 0.262. The maximum Gasteiger partial charge on any atom is 0.277 e. The second-order valence-corrected chi connectivity index (χ2v) is 8.53. The highest BCUT2D eigenvalue weighted by molar-refractivity contribution is 5.93. The fraction of sp³-hybridized carbons (Fsp3) is 0.0690. The molecular formula is C29H22N6O2. The van der Waals surface area contributed by atoms with E-state index in [0.717, 1.165) is 22.2 Å². The van der Waals surface area contributed by atoms with Crippen LogP contribution in [0, 0.1) is 0 Å². The Labute approximate surface area is 212 Å². The van der Waals surface area contributed by atoms with Gasteiger partial charge in [-0.3, -0.25) is 14.8 Å². The van der Waals surface area contributed by atoms with Crippen LogP contribution in [-0.4, -0.2) is 35.9 Å². The van der Waals surface area contributed by atoms with E-state index in [1.54, 1.807) is 29.6 Å². The molecule has 37 heavy (non-hydrogen) atoms. The van der Waals surface area contributed by atoms with E-state index in [1.165, 1.54) is 0 Å². The molecule has 0 spiro atoms. The van der Waals surface area contributed by atoms with E-state index in [4.69, 9.17) is 9.51 Å². The fourth-order valence-electron chi connectivity index (χ4n) is 4.32. The molecule has 0 bridgehead atoms. The summed E-state index contributed by atoms with van der Waals surface area (Å²) in [4.78, 5) is 32.9. The number of aromatic amines is 1. The van der Waals surface area contributed by atoms with E-state index in [2.05, 4.69) is 20.1 Å². The van der Waals surface area contributed by atoms with Crippen LogP contribution in [0.2, 0.25) is 0 Å². The molecule has 6 aromatic rings. The molecule has 2 aromatic carbocycles. The minimum Gasteiger partial charge on any atom is -0.355 e. The molecule has 8 nitrogen and oxygen atoms in total. The highest BCUT2D eigenvalue weighted by Crippen LogP contribution is 2.31. The predicted molar refractivity (Wildman–Crippen MR) is 138 cm³/mol. The van der Waals surface area contributed by atoms with Gasteiger partial charge in [-0.1, -0.05) is 59.8 Å². The van der Waals surface area contributed by atoms with Crippen LogP contribution >= 0.6 is 0 Å². The number of H-pyrrole nitrogens is 1. The largest absolute Gasteiger partial charge is 0.355 e. The third-order valence-electron chi connectivity index (χ3n) is 6.07. The number of hydrogen-bond acceptors (Lipinski definition) is 6. The normalized spacial score (nSPS) is 11.9. The molecule has 0 saturated carbocycles. The van der Waals surface area contributed by atoms with Crippen LogP contribution in [0.1, 0.15) is 33.6 Å². The van der Waals surface area contributed by atoms with E-state index in [-0.39, 0.29) is 18.1 Å². The second kappa shape index (κ2) is 9.87. The molecule has 4 heterocycles. The van der Waals surface area contributed by atoms with Gasteiger partial charge in [-0.15, -0.1) is 0 Å². The van der Waals surface area contributed by atoms with Crippen LogP contribution < -0.4 is 0 Å². The molecule has 4 aromatic heterocycles. The molecule has 8 heteroatoms. The zero-order valence-corrected chi connectivity index (χ0v) is 19.7. The van der Waals surface area contributed by atoms with Crippen molar-refractivity contribution in [3.8, 4) is 11.3 Å². The number of benzene rings is 2. The molecule has 0 fully saturated rings. The standard InChI is InChI=1S/C29H22N6O2/c36-29(25-17-26(37-34-25)21-10-2-1-3-11-21)35(19-20-9-8-15-30-18-20)27(24-14-6-7-16-31-24)28-32-22-12-4-5-13-23(22)33-28/h1-18,27H,19H2,(H,32,33). The van der Waals surface area contributed by atoms with Gasteiger partial charge in [-0.05, 0) is 35.9 Å². The summed E-state index contributed by atoms with van der Waals surface area (Å²) in [7, 11) is 0. The van der Waals surface area contributed by atoms with Crippen LogP contribution in [0.3, 0.4) is 0 Å². The van der Waals surface area contributed by atoms with Crippen LogP contribution in [0.15, 0.2) is 114 Å². The van der Waals surface area contributed by atoms with Crippen molar-refractivity contribution in [1.29, 1.82) is 0 Å². The number of carbonyl (C=O) groups excluding carboxylic acids is 1. The van der Waals surface area contributed by atoms with Crippen molar-refractivity contribution < 1.29 is 9.32 Å². The van der Waals surface area contributed by atoms with Gasteiger partial charge >= 0.3 is 0 Å². The van der Waals surface area contributed by atoms with Crippen molar-refractivity contribution in [2.24, 2.45) is 0 Å². The van der Waals surface area contributed by atoms with Gasteiger partial charge in [0.15, 0.2) is 11.5 Å². The quantitative estimate of drug-likeness (QED) is 0.322. The number of nitrogens with zero attached hydrogens (tertiary/aromatic N) is 5. The Morgan fingerprint density at radius 2 is 1.76 bits per heavy atom. The minimum absolute atomic E-state index is 0.194. The van der Waals surface area contributed by atoms with Crippen LogP contribution in [0.25, 0.3) is 22.4 Å². The van der Waals surface area contributed by atoms with E-state index in [1.807, 2.05) is 84.9 Å². The fourth-order valence-corrected chi connectivity index (χ4v) is 4.32. The van der Waals surface area contributed by atoms with Crippen LogP contribution in [-0.2, 0) is 6.54 Å². The lowest BCUT2D eigenvalue weighted by atomic mass is 10.1. The molecular weight excluding hydrogens is 464 g/mol. The van der Waals surface area contributed by atoms with Crippen molar-refractivity contribution in [3.05, 3.63) is 132 Å². The molecule has 1 N–H and O–H groups in total. The Balaban J connectivity index is 1.47. The average molecular weight is 487 g/mol. The molecule has 1 unspecified atom stereocenters. The summed E-state index contributed by atoms with van der Waals surface area (Å²) < 4.78 is 5.56. The van der Waals surface area contributed by atoms with Crippen molar-refractivity contribution >= 4 is 16.9 Å². The zero-order valence-electron chi connectivity index (χ0n) is 19.7. The predicted octanol–water partition coefficient (Wildman–Crippen LogP) is 5.44. The molecule has 0 aliphatic carbocycles. The first-order valence-electron chi connectivity index (χ1n) is 11.8. The summed E-state index contributed by atoms with van der Waals surface area (Å²) in [6.07, 6.45) is 5.16. The highest BCUT2D eigenvalue weighted by atomic mass is 16.5. The topological polar surface area (TPSA) is 101 Å². The third kappa shape index (κ3) is 4.60. The molecule has 0 aliphatic heterocycles. The number of carbonyl (C=O) groups is 1. The van der Waals surface area contributed by atoms with Crippen molar-refractivity contribution in [2.45, 2.75) is 12.6 Å². The maximum absolute atomic E-state index is 14.1.